The van der Waals surface area contributed by atoms with Crippen molar-refractivity contribution in [2.75, 3.05) is 0 Å². The molecule has 0 aromatic heterocycles. The highest BCUT2D eigenvalue weighted by Gasteiger charge is 2.31. The average Bonchev–Trinajstić information content (AvgIpc) is 2.48. The van der Waals surface area contributed by atoms with Crippen LogP contribution in [0.2, 0.25) is 0 Å². The molecule has 22 heavy (non-hydrogen) atoms. The molecular weight excluding hydrogens is 387 g/mol. The summed E-state index contributed by atoms with van der Waals surface area (Å²) in [7, 11) is 0. The molecule has 0 spiro atoms. The van der Waals surface area contributed by atoms with Crippen LogP contribution in [-0.2, 0) is 16.8 Å². The fourth-order valence-electron chi connectivity index (χ4n) is 2.74. The summed E-state index contributed by atoms with van der Waals surface area (Å²) in [4.78, 5) is 12.2. The maximum Gasteiger partial charge on any atom is 0.247 e. The van der Waals surface area contributed by atoms with Crippen LogP contribution in [0, 0.1) is 6.92 Å². The summed E-state index contributed by atoms with van der Waals surface area (Å²) in [6.07, 6.45) is 0.716. The molecule has 0 radical (unpaired) electrons. The maximum absolute atomic E-state index is 12.2. The van der Waals surface area contributed by atoms with E-state index in [4.69, 9.17) is 5.73 Å². The van der Waals surface area contributed by atoms with Gasteiger partial charge in [-0.25, -0.2) is 0 Å². The monoisotopic (exact) mass is 408 g/mol. The molecule has 2 rings (SSSR count). The molecule has 0 saturated carbocycles. The number of nitrogens with one attached hydrogen (secondary N) is 1. The van der Waals surface area contributed by atoms with Crippen LogP contribution in [0.15, 0.2) is 54.6 Å². The Morgan fingerprint density at radius 1 is 1.18 bits per heavy atom. The van der Waals surface area contributed by atoms with Gasteiger partial charge in [-0.05, 0) is 37.0 Å². The van der Waals surface area contributed by atoms with Gasteiger partial charge in [-0.2, -0.15) is 0 Å². The smallest absolute Gasteiger partial charge is 0.247 e. The minimum Gasteiger partial charge on any atom is -0.344 e. The molecule has 2 atom stereocenters. The Balaban J connectivity index is 2.40. The van der Waals surface area contributed by atoms with Gasteiger partial charge in [0.1, 0.15) is 4.05 Å². The van der Waals surface area contributed by atoms with Crippen molar-refractivity contribution < 1.29 is 4.79 Å². The highest BCUT2D eigenvalue weighted by atomic mass is 127. The van der Waals surface area contributed by atoms with Crippen molar-refractivity contribution in [3.05, 3.63) is 71.3 Å². The first-order chi connectivity index (χ1) is 10.4. The number of halogens is 1. The van der Waals surface area contributed by atoms with Gasteiger partial charge in [0, 0.05) is 0 Å². The Morgan fingerprint density at radius 2 is 1.77 bits per heavy atom. The van der Waals surface area contributed by atoms with Gasteiger partial charge in [0.25, 0.3) is 0 Å². The number of benzene rings is 2. The van der Waals surface area contributed by atoms with E-state index in [-0.39, 0.29) is 5.91 Å². The first-order valence-electron chi connectivity index (χ1n) is 7.24. The third-order valence-electron chi connectivity index (χ3n) is 3.79. The van der Waals surface area contributed by atoms with Crippen molar-refractivity contribution in [1.82, 2.24) is 5.32 Å². The Kier molecular flexibility index (Phi) is 5.58. The molecule has 0 heterocycles. The molecule has 0 aliphatic rings. The predicted octanol–water partition coefficient (Wildman–Crippen LogP) is 3.29. The average molecular weight is 408 g/mol. The third kappa shape index (κ3) is 4.08. The third-order valence-corrected chi connectivity index (χ3v) is 4.36. The second-order valence-corrected chi connectivity index (χ2v) is 7.04. The molecule has 2 aromatic rings. The number of aryl methyl sites for hydroxylation is 1. The van der Waals surface area contributed by atoms with Gasteiger partial charge in [0.2, 0.25) is 5.91 Å². The number of hydrogen-bond donors (Lipinski definition) is 2. The molecule has 1 unspecified atom stereocenters. The van der Waals surface area contributed by atoms with Crippen LogP contribution in [0.4, 0.5) is 0 Å². The van der Waals surface area contributed by atoms with E-state index >= 15 is 0 Å². The maximum atomic E-state index is 12.2. The molecule has 1 amide bonds. The highest BCUT2D eigenvalue weighted by Crippen LogP contribution is 2.28. The lowest BCUT2D eigenvalue weighted by atomic mass is 9.83. The predicted molar refractivity (Wildman–Crippen MR) is 98.8 cm³/mol. The van der Waals surface area contributed by atoms with Crippen LogP contribution in [0.3, 0.4) is 0 Å². The lowest BCUT2D eigenvalue weighted by Gasteiger charge is -2.33. The molecular formula is C18H21IN2O. The van der Waals surface area contributed by atoms with Gasteiger partial charge in [-0.3, -0.25) is 4.79 Å². The van der Waals surface area contributed by atoms with Gasteiger partial charge in [-0.15, -0.1) is 0 Å². The second kappa shape index (κ2) is 7.24. The summed E-state index contributed by atoms with van der Waals surface area (Å²) in [6, 6.07) is 18.3. The molecule has 0 fully saturated rings. The van der Waals surface area contributed by atoms with E-state index in [0.717, 1.165) is 11.1 Å². The van der Waals surface area contributed by atoms with Gasteiger partial charge < -0.3 is 11.1 Å². The lowest BCUT2D eigenvalue weighted by Crippen LogP contribution is -2.50. The molecule has 2 aromatic carbocycles. The van der Waals surface area contributed by atoms with E-state index in [9.17, 15) is 4.79 Å². The minimum atomic E-state index is -0.559. The van der Waals surface area contributed by atoms with E-state index < -0.39 is 9.59 Å². The van der Waals surface area contributed by atoms with E-state index in [1.165, 1.54) is 5.56 Å². The van der Waals surface area contributed by atoms with E-state index in [2.05, 4.69) is 43.4 Å². The summed E-state index contributed by atoms with van der Waals surface area (Å²) < 4.78 is -0.559. The van der Waals surface area contributed by atoms with Crippen molar-refractivity contribution in [3.8, 4) is 0 Å². The quantitative estimate of drug-likeness (QED) is 0.453. The molecule has 3 nitrogen and oxygen atoms in total. The number of hydrogen-bond acceptors (Lipinski definition) is 2. The summed E-state index contributed by atoms with van der Waals surface area (Å²) in [5.74, 6) is -0.151. The molecule has 3 N–H and O–H groups in total. The summed E-state index contributed by atoms with van der Waals surface area (Å²) in [5, 5.41) is 3.13. The zero-order valence-electron chi connectivity index (χ0n) is 12.8. The molecule has 4 heteroatoms. The molecule has 0 saturated heterocycles. The largest absolute Gasteiger partial charge is 0.344 e. The molecule has 0 aliphatic carbocycles. The fraction of sp³-hybridized carbons (Fsp3) is 0.278. The Morgan fingerprint density at radius 3 is 2.36 bits per heavy atom. The summed E-state index contributed by atoms with van der Waals surface area (Å²) >= 11 is 1.93. The number of rotatable bonds is 5. The van der Waals surface area contributed by atoms with Crippen molar-refractivity contribution in [1.29, 1.82) is 0 Å². The zero-order valence-corrected chi connectivity index (χ0v) is 15.0. The number of carbonyl (C=O) groups is 1. The van der Waals surface area contributed by atoms with Crippen molar-refractivity contribution in [2.24, 2.45) is 5.73 Å². The van der Waals surface area contributed by atoms with Gasteiger partial charge in [-0.1, -0.05) is 77.2 Å². The van der Waals surface area contributed by atoms with E-state index in [1.54, 1.807) is 0 Å². The number of nitrogens with two attached hydrogens (primary N) is 1. The SMILES string of the molecule is Cc1ccccc1C(C)(Cc1ccccc1)NC(=O)[C@H](N)I. The van der Waals surface area contributed by atoms with E-state index in [1.807, 2.05) is 52.9 Å². The van der Waals surface area contributed by atoms with Crippen LogP contribution in [-0.4, -0.2) is 9.96 Å². The lowest BCUT2D eigenvalue weighted by molar-refractivity contribution is -0.122. The Labute approximate surface area is 145 Å². The Hall–Kier alpha value is -1.40. The zero-order chi connectivity index (χ0) is 16.2. The summed E-state index contributed by atoms with van der Waals surface area (Å²) in [6.45, 7) is 4.12. The molecule has 116 valence electrons. The van der Waals surface area contributed by atoms with Crippen molar-refractivity contribution >= 4 is 28.5 Å². The number of alkyl halides is 1. The van der Waals surface area contributed by atoms with Crippen molar-refractivity contribution in [3.63, 3.8) is 0 Å². The minimum absolute atomic E-state index is 0.151. The number of amides is 1. The van der Waals surface area contributed by atoms with Crippen LogP contribution in [0.25, 0.3) is 0 Å². The van der Waals surface area contributed by atoms with Crippen LogP contribution >= 0.6 is 22.6 Å². The van der Waals surface area contributed by atoms with E-state index in [0.29, 0.717) is 6.42 Å². The fourth-order valence-corrected chi connectivity index (χ4v) is 2.90. The highest BCUT2D eigenvalue weighted by molar-refractivity contribution is 14.1. The van der Waals surface area contributed by atoms with Crippen LogP contribution in [0.5, 0.6) is 0 Å². The van der Waals surface area contributed by atoms with Crippen molar-refractivity contribution in [2.45, 2.75) is 29.9 Å². The molecule has 0 aliphatic heterocycles. The van der Waals surface area contributed by atoms with Gasteiger partial charge in [0.05, 0.1) is 5.54 Å². The second-order valence-electron chi connectivity index (χ2n) is 5.70. The van der Waals surface area contributed by atoms with Gasteiger partial charge >= 0.3 is 0 Å². The first-order valence-corrected chi connectivity index (χ1v) is 8.49. The topological polar surface area (TPSA) is 55.1 Å². The standard InChI is InChI=1S/C18H21IN2O/c1-13-8-6-7-11-15(13)18(2,21-17(22)16(19)20)12-14-9-4-3-5-10-14/h3-11,16H,12,20H2,1-2H3,(H,21,22)/t16-,18?/m0/s1. The van der Waals surface area contributed by atoms with Crippen LogP contribution in [0.1, 0.15) is 23.6 Å². The summed E-state index contributed by atoms with van der Waals surface area (Å²) in [5.41, 5.74) is 8.68. The number of carbonyl (C=O) groups excluding carboxylic acids is 1. The Bertz CT molecular complexity index is 643. The molecule has 0 bridgehead atoms. The van der Waals surface area contributed by atoms with Gasteiger partial charge in [0.15, 0.2) is 0 Å². The normalized spacial score (nSPS) is 14.9. The first kappa shape index (κ1) is 17.0. The van der Waals surface area contributed by atoms with Crippen LogP contribution < -0.4 is 11.1 Å².